The zero-order chi connectivity index (χ0) is 13.6. The Kier molecular flexibility index (Phi) is 3.04. The van der Waals surface area contributed by atoms with Crippen molar-refractivity contribution in [3.05, 3.63) is 41.2 Å². The largest absolute Gasteiger partial charge is 0.361 e. The molecule has 0 unspecified atom stereocenters. The zero-order valence-electron chi connectivity index (χ0n) is 12.5. The number of allylic oxidation sites excluding steroid dienone is 4. The molecule has 1 heterocycles. The molecule has 0 radical (unpaired) electrons. The third-order valence-corrected chi connectivity index (χ3v) is 3.49. The van der Waals surface area contributed by atoms with Crippen molar-refractivity contribution in [2.75, 3.05) is 0 Å². The number of aromatic nitrogens is 1. The molecule has 0 atom stereocenters. The van der Waals surface area contributed by atoms with Gasteiger partial charge >= 0.3 is 0 Å². The smallest absolute Gasteiger partial charge is 0.0280 e. The number of aromatic amines is 1. The molecule has 1 N–H and O–H groups in total. The Morgan fingerprint density at radius 1 is 1.00 bits per heavy atom. The van der Waals surface area contributed by atoms with Crippen LogP contribution in [0.2, 0.25) is 0 Å². The van der Waals surface area contributed by atoms with Crippen molar-refractivity contribution in [3.8, 4) is 0 Å². The van der Waals surface area contributed by atoms with E-state index in [-0.39, 0.29) is 10.8 Å². The van der Waals surface area contributed by atoms with Crippen molar-refractivity contribution in [1.29, 1.82) is 0 Å². The molecule has 1 nitrogen and oxygen atoms in total. The van der Waals surface area contributed by atoms with Crippen LogP contribution in [0.25, 0.3) is 5.57 Å². The standard InChI is InChI=1S/C17H25N/c1-16(2,3)14-11-13(12-9-7-8-10-12)15(18-14)17(4,5)6/h7-9,11,18H,10H2,1-6H3. The van der Waals surface area contributed by atoms with Crippen LogP contribution in [0.15, 0.2) is 24.3 Å². The topological polar surface area (TPSA) is 15.8 Å². The molecule has 1 aliphatic rings. The van der Waals surface area contributed by atoms with E-state index in [2.05, 4.69) is 70.8 Å². The van der Waals surface area contributed by atoms with Crippen molar-refractivity contribution in [1.82, 2.24) is 4.98 Å². The number of hydrogen-bond acceptors (Lipinski definition) is 0. The summed E-state index contributed by atoms with van der Waals surface area (Å²) in [6.07, 6.45) is 7.69. The summed E-state index contributed by atoms with van der Waals surface area (Å²) >= 11 is 0. The van der Waals surface area contributed by atoms with Gasteiger partial charge in [-0.2, -0.15) is 0 Å². The molecule has 18 heavy (non-hydrogen) atoms. The predicted octanol–water partition coefficient (Wildman–Crippen LogP) is 4.95. The van der Waals surface area contributed by atoms with Crippen LogP contribution in [0.5, 0.6) is 0 Å². The Morgan fingerprint density at radius 2 is 1.67 bits per heavy atom. The molecule has 1 aliphatic carbocycles. The van der Waals surface area contributed by atoms with Gasteiger partial charge in [0.15, 0.2) is 0 Å². The van der Waals surface area contributed by atoms with Crippen LogP contribution >= 0.6 is 0 Å². The van der Waals surface area contributed by atoms with Gasteiger partial charge in [0.05, 0.1) is 0 Å². The second-order valence-corrected chi connectivity index (χ2v) is 7.30. The fourth-order valence-corrected chi connectivity index (χ4v) is 2.35. The molecule has 0 fully saturated rings. The molecule has 1 aromatic heterocycles. The third-order valence-electron chi connectivity index (χ3n) is 3.49. The molecule has 0 aromatic carbocycles. The van der Waals surface area contributed by atoms with Gasteiger partial charge in [-0.1, -0.05) is 59.8 Å². The minimum absolute atomic E-state index is 0.155. The fraction of sp³-hybridized carbons (Fsp3) is 0.529. The third kappa shape index (κ3) is 2.45. The summed E-state index contributed by atoms with van der Waals surface area (Å²) in [7, 11) is 0. The van der Waals surface area contributed by atoms with E-state index in [1.165, 1.54) is 22.5 Å². The van der Waals surface area contributed by atoms with E-state index in [9.17, 15) is 0 Å². The van der Waals surface area contributed by atoms with Crippen LogP contribution < -0.4 is 0 Å². The Balaban J connectivity index is 2.53. The van der Waals surface area contributed by atoms with Crippen LogP contribution in [-0.2, 0) is 10.8 Å². The summed E-state index contributed by atoms with van der Waals surface area (Å²) in [6, 6.07) is 2.35. The maximum absolute atomic E-state index is 3.67. The summed E-state index contributed by atoms with van der Waals surface area (Å²) < 4.78 is 0. The molecule has 1 aromatic rings. The summed E-state index contributed by atoms with van der Waals surface area (Å²) in [5.41, 5.74) is 5.86. The number of H-pyrrole nitrogens is 1. The monoisotopic (exact) mass is 243 g/mol. The Hall–Kier alpha value is -1.24. The molecule has 0 aliphatic heterocycles. The van der Waals surface area contributed by atoms with Crippen molar-refractivity contribution in [2.24, 2.45) is 0 Å². The molecule has 2 rings (SSSR count). The van der Waals surface area contributed by atoms with Gasteiger partial charge in [0, 0.05) is 22.2 Å². The summed E-state index contributed by atoms with van der Waals surface area (Å²) in [4.78, 5) is 3.67. The molecular formula is C17H25N. The van der Waals surface area contributed by atoms with Gasteiger partial charge in [-0.3, -0.25) is 0 Å². The average molecular weight is 243 g/mol. The van der Waals surface area contributed by atoms with Gasteiger partial charge in [0.2, 0.25) is 0 Å². The normalized spacial score (nSPS) is 16.2. The first-order valence-electron chi connectivity index (χ1n) is 6.79. The van der Waals surface area contributed by atoms with Gasteiger partial charge in [0.1, 0.15) is 0 Å². The second-order valence-electron chi connectivity index (χ2n) is 7.30. The molecule has 0 spiro atoms. The first-order chi connectivity index (χ1) is 8.19. The lowest BCUT2D eigenvalue weighted by atomic mass is 9.87. The van der Waals surface area contributed by atoms with Crippen molar-refractivity contribution < 1.29 is 0 Å². The van der Waals surface area contributed by atoms with Crippen LogP contribution in [-0.4, -0.2) is 4.98 Å². The van der Waals surface area contributed by atoms with Gasteiger partial charge in [-0.05, 0) is 23.6 Å². The molecule has 0 bridgehead atoms. The average Bonchev–Trinajstić information content (AvgIpc) is 2.84. The lowest BCUT2D eigenvalue weighted by molar-refractivity contribution is 0.543. The second kappa shape index (κ2) is 4.15. The van der Waals surface area contributed by atoms with Gasteiger partial charge in [-0.25, -0.2) is 0 Å². The molecule has 0 amide bonds. The van der Waals surface area contributed by atoms with Gasteiger partial charge in [-0.15, -0.1) is 0 Å². The van der Waals surface area contributed by atoms with Crippen molar-refractivity contribution in [3.63, 3.8) is 0 Å². The highest BCUT2D eigenvalue weighted by Crippen LogP contribution is 2.36. The summed E-state index contributed by atoms with van der Waals surface area (Å²) in [5, 5.41) is 0. The highest BCUT2D eigenvalue weighted by Gasteiger charge is 2.26. The lowest BCUT2D eigenvalue weighted by Gasteiger charge is -2.21. The van der Waals surface area contributed by atoms with Gasteiger partial charge < -0.3 is 4.98 Å². The number of rotatable bonds is 1. The Bertz CT molecular complexity index is 499. The maximum atomic E-state index is 3.67. The van der Waals surface area contributed by atoms with E-state index >= 15 is 0 Å². The molecule has 98 valence electrons. The first-order valence-corrected chi connectivity index (χ1v) is 6.79. The van der Waals surface area contributed by atoms with Crippen LogP contribution in [0.1, 0.15) is 64.9 Å². The summed E-state index contributed by atoms with van der Waals surface area (Å²) in [5.74, 6) is 0. The lowest BCUT2D eigenvalue weighted by Crippen LogP contribution is -2.16. The Morgan fingerprint density at radius 3 is 2.11 bits per heavy atom. The quantitative estimate of drug-likeness (QED) is 0.718. The van der Waals surface area contributed by atoms with Crippen molar-refractivity contribution >= 4 is 5.57 Å². The minimum Gasteiger partial charge on any atom is -0.361 e. The van der Waals surface area contributed by atoms with E-state index < -0.39 is 0 Å². The number of hydrogen-bond donors (Lipinski definition) is 1. The van der Waals surface area contributed by atoms with Gasteiger partial charge in [0.25, 0.3) is 0 Å². The van der Waals surface area contributed by atoms with E-state index in [0.29, 0.717) is 0 Å². The maximum Gasteiger partial charge on any atom is 0.0280 e. The molecule has 0 saturated carbocycles. The summed E-state index contributed by atoms with van der Waals surface area (Å²) in [6.45, 7) is 13.6. The highest BCUT2D eigenvalue weighted by atomic mass is 14.8. The van der Waals surface area contributed by atoms with E-state index in [4.69, 9.17) is 0 Å². The Labute approximate surface area is 111 Å². The van der Waals surface area contributed by atoms with E-state index in [1.807, 2.05) is 0 Å². The van der Waals surface area contributed by atoms with Crippen molar-refractivity contribution in [2.45, 2.75) is 58.8 Å². The van der Waals surface area contributed by atoms with Crippen LogP contribution in [0, 0.1) is 0 Å². The van der Waals surface area contributed by atoms with E-state index in [1.54, 1.807) is 0 Å². The van der Waals surface area contributed by atoms with E-state index in [0.717, 1.165) is 6.42 Å². The van der Waals surface area contributed by atoms with Crippen LogP contribution in [0.3, 0.4) is 0 Å². The fourth-order valence-electron chi connectivity index (χ4n) is 2.35. The highest BCUT2D eigenvalue weighted by molar-refractivity contribution is 5.73. The first kappa shape index (κ1) is 13.2. The molecule has 1 heteroatoms. The predicted molar refractivity (Wildman–Crippen MR) is 79.9 cm³/mol. The molecule has 0 saturated heterocycles. The molecular weight excluding hydrogens is 218 g/mol. The SMILES string of the molecule is CC(C)(C)c1cc(C2=CC=CC2)c(C(C)(C)C)[nH]1. The zero-order valence-corrected chi connectivity index (χ0v) is 12.5. The van der Waals surface area contributed by atoms with Crippen LogP contribution in [0.4, 0.5) is 0 Å². The number of nitrogens with one attached hydrogen (secondary N) is 1. The minimum atomic E-state index is 0.155.